The van der Waals surface area contributed by atoms with E-state index < -0.39 is 34.6 Å². The molecule has 0 saturated heterocycles. The van der Waals surface area contributed by atoms with Crippen LogP contribution in [0.3, 0.4) is 0 Å². The van der Waals surface area contributed by atoms with E-state index >= 15 is 0 Å². The van der Waals surface area contributed by atoms with Gasteiger partial charge in [-0.2, -0.15) is 0 Å². The van der Waals surface area contributed by atoms with Gasteiger partial charge in [0.15, 0.2) is 0 Å². The molecule has 1 aromatic carbocycles. The zero-order valence-corrected chi connectivity index (χ0v) is 7.18. The van der Waals surface area contributed by atoms with Gasteiger partial charge in [0.25, 0.3) is 0 Å². The molecule has 0 spiro atoms. The fourth-order valence-electron chi connectivity index (χ4n) is 0.981. The summed E-state index contributed by atoms with van der Waals surface area (Å²) < 4.78 is 0. The average molecular weight is 207 g/mol. The SMILES string of the molecule is O=C([O-])c1cc(C(=O)[O-])cc(C(=O)[O-])c1. The summed E-state index contributed by atoms with van der Waals surface area (Å²) in [4.78, 5) is 31.2. The Morgan fingerprint density at radius 3 is 1.00 bits per heavy atom. The summed E-state index contributed by atoms with van der Waals surface area (Å²) in [5.74, 6) is -5.04. The molecule has 0 aromatic heterocycles. The molecular formula is C9H3O6-3. The van der Waals surface area contributed by atoms with Crippen LogP contribution in [-0.4, -0.2) is 17.9 Å². The molecule has 0 fully saturated rings. The topological polar surface area (TPSA) is 120 Å². The van der Waals surface area contributed by atoms with Crippen LogP contribution in [0.4, 0.5) is 0 Å². The molecular weight excluding hydrogens is 204 g/mol. The summed E-state index contributed by atoms with van der Waals surface area (Å²) in [5, 5.41) is 31.2. The van der Waals surface area contributed by atoms with Crippen molar-refractivity contribution in [2.75, 3.05) is 0 Å². The fourth-order valence-corrected chi connectivity index (χ4v) is 0.981. The van der Waals surface area contributed by atoms with Gasteiger partial charge >= 0.3 is 0 Å². The van der Waals surface area contributed by atoms with E-state index in [1.165, 1.54) is 0 Å². The standard InChI is InChI=1S/C9H6O6/c10-7(11)4-1-5(8(12)13)3-6(2-4)9(14)15/h1-3H,(H,10,11)(H,12,13)(H,14,15)/p-3. The van der Waals surface area contributed by atoms with Crippen LogP contribution in [0, 0.1) is 0 Å². The second kappa shape index (κ2) is 3.79. The van der Waals surface area contributed by atoms with E-state index in [0.717, 1.165) is 18.2 Å². The minimum Gasteiger partial charge on any atom is -0.545 e. The summed E-state index contributed by atoms with van der Waals surface area (Å²) in [7, 11) is 0. The predicted octanol–water partition coefficient (Wildman–Crippen LogP) is -3.22. The van der Waals surface area contributed by atoms with Crippen LogP contribution in [0.15, 0.2) is 18.2 Å². The zero-order valence-electron chi connectivity index (χ0n) is 7.18. The maximum atomic E-state index is 10.4. The second-order valence-corrected chi connectivity index (χ2v) is 2.66. The molecule has 15 heavy (non-hydrogen) atoms. The molecule has 6 heteroatoms. The van der Waals surface area contributed by atoms with E-state index in [0.29, 0.717) is 0 Å². The number of hydrogen-bond donors (Lipinski definition) is 0. The summed E-state index contributed by atoms with van der Waals surface area (Å²) in [6.45, 7) is 0. The van der Waals surface area contributed by atoms with Crippen LogP contribution >= 0.6 is 0 Å². The van der Waals surface area contributed by atoms with Gasteiger partial charge < -0.3 is 29.7 Å². The van der Waals surface area contributed by atoms with E-state index in [-0.39, 0.29) is 0 Å². The van der Waals surface area contributed by atoms with Gasteiger partial charge in [0.1, 0.15) is 0 Å². The molecule has 1 rings (SSSR count). The Morgan fingerprint density at radius 2 is 0.867 bits per heavy atom. The van der Waals surface area contributed by atoms with Crippen molar-refractivity contribution in [3.8, 4) is 0 Å². The highest BCUT2D eigenvalue weighted by Gasteiger charge is 2.03. The lowest BCUT2D eigenvalue weighted by Crippen LogP contribution is -2.28. The van der Waals surface area contributed by atoms with Gasteiger partial charge in [0.2, 0.25) is 0 Å². The lowest BCUT2D eigenvalue weighted by molar-refractivity contribution is -0.255. The third-order valence-corrected chi connectivity index (χ3v) is 1.64. The molecule has 0 aliphatic heterocycles. The molecule has 0 amide bonds. The number of carbonyl (C=O) groups is 3. The van der Waals surface area contributed by atoms with Gasteiger partial charge in [-0.15, -0.1) is 0 Å². The number of carboxylic acid groups (broad SMARTS) is 3. The Balaban J connectivity index is 3.39. The highest BCUT2D eigenvalue weighted by Crippen LogP contribution is 2.09. The predicted molar refractivity (Wildman–Crippen MR) is 39.4 cm³/mol. The number of rotatable bonds is 3. The first kappa shape index (κ1) is 10.7. The normalized spacial score (nSPS) is 9.60. The number of hydrogen-bond acceptors (Lipinski definition) is 6. The maximum Gasteiger partial charge on any atom is 0.0715 e. The molecule has 0 radical (unpaired) electrons. The lowest BCUT2D eigenvalue weighted by Gasteiger charge is -2.11. The largest absolute Gasteiger partial charge is 0.545 e. The van der Waals surface area contributed by atoms with Gasteiger partial charge in [-0.05, 0) is 34.9 Å². The zero-order chi connectivity index (χ0) is 11.6. The number of carboxylic acids is 3. The van der Waals surface area contributed by atoms with Crippen molar-refractivity contribution in [2.24, 2.45) is 0 Å². The van der Waals surface area contributed by atoms with Gasteiger partial charge in [0, 0.05) is 0 Å². The quantitative estimate of drug-likeness (QED) is 0.514. The van der Waals surface area contributed by atoms with Gasteiger partial charge in [-0.3, -0.25) is 0 Å². The molecule has 0 N–H and O–H groups in total. The summed E-state index contributed by atoms with van der Waals surface area (Å²) in [6.07, 6.45) is 0. The first-order valence-electron chi connectivity index (χ1n) is 3.71. The van der Waals surface area contributed by atoms with Crippen LogP contribution in [0.1, 0.15) is 31.1 Å². The minimum atomic E-state index is -1.68. The summed E-state index contributed by atoms with van der Waals surface area (Å²) >= 11 is 0. The Kier molecular flexibility index (Phi) is 2.70. The first-order valence-corrected chi connectivity index (χ1v) is 3.71. The number of carbonyl (C=O) groups excluding carboxylic acids is 3. The molecule has 0 aliphatic rings. The van der Waals surface area contributed by atoms with Crippen molar-refractivity contribution in [3.63, 3.8) is 0 Å². The molecule has 0 atom stereocenters. The van der Waals surface area contributed by atoms with Crippen LogP contribution in [0.25, 0.3) is 0 Å². The van der Waals surface area contributed by atoms with Crippen molar-refractivity contribution < 1.29 is 29.7 Å². The monoisotopic (exact) mass is 207 g/mol. The Labute approximate surface area is 83.4 Å². The van der Waals surface area contributed by atoms with Crippen molar-refractivity contribution in [1.82, 2.24) is 0 Å². The third kappa shape index (κ3) is 2.31. The van der Waals surface area contributed by atoms with Gasteiger partial charge in [0.05, 0.1) is 17.9 Å². The van der Waals surface area contributed by atoms with E-state index in [1.807, 2.05) is 0 Å². The smallest absolute Gasteiger partial charge is 0.0715 e. The Bertz CT molecular complexity index is 369. The molecule has 0 aliphatic carbocycles. The highest BCUT2D eigenvalue weighted by atomic mass is 16.4. The Hall–Kier alpha value is -2.37. The molecule has 0 heterocycles. The molecule has 1 aromatic rings. The van der Waals surface area contributed by atoms with Crippen LogP contribution in [0.5, 0.6) is 0 Å². The Morgan fingerprint density at radius 1 is 0.667 bits per heavy atom. The molecule has 0 saturated carbocycles. The van der Waals surface area contributed by atoms with Crippen LogP contribution < -0.4 is 15.3 Å². The lowest BCUT2D eigenvalue weighted by atomic mass is 10.1. The van der Waals surface area contributed by atoms with E-state index in [1.54, 1.807) is 0 Å². The molecule has 6 nitrogen and oxygen atoms in total. The molecule has 0 unspecified atom stereocenters. The van der Waals surface area contributed by atoms with E-state index in [9.17, 15) is 29.7 Å². The number of benzene rings is 1. The second-order valence-electron chi connectivity index (χ2n) is 2.66. The van der Waals surface area contributed by atoms with Gasteiger partial charge in [-0.25, -0.2) is 0 Å². The van der Waals surface area contributed by atoms with Crippen molar-refractivity contribution in [2.45, 2.75) is 0 Å². The van der Waals surface area contributed by atoms with Crippen LogP contribution in [0.2, 0.25) is 0 Å². The summed E-state index contributed by atoms with van der Waals surface area (Å²) in [5.41, 5.74) is -1.68. The molecule has 0 bridgehead atoms. The van der Waals surface area contributed by atoms with E-state index in [2.05, 4.69) is 0 Å². The average Bonchev–Trinajstić information content (AvgIpc) is 2.16. The van der Waals surface area contributed by atoms with Crippen LogP contribution in [-0.2, 0) is 0 Å². The first-order chi connectivity index (χ1) is 6.91. The maximum absolute atomic E-state index is 10.4. The highest BCUT2D eigenvalue weighted by molar-refractivity contribution is 5.97. The molecule has 78 valence electrons. The van der Waals surface area contributed by atoms with Crippen molar-refractivity contribution in [3.05, 3.63) is 34.9 Å². The summed E-state index contributed by atoms with van der Waals surface area (Å²) in [6, 6.07) is 2.24. The van der Waals surface area contributed by atoms with E-state index in [4.69, 9.17) is 0 Å². The minimum absolute atomic E-state index is 0.559. The van der Waals surface area contributed by atoms with Gasteiger partial charge in [-0.1, -0.05) is 0 Å². The fraction of sp³-hybridized carbons (Fsp3) is 0. The third-order valence-electron chi connectivity index (χ3n) is 1.64. The van der Waals surface area contributed by atoms with Crippen molar-refractivity contribution in [1.29, 1.82) is 0 Å². The number of aromatic carboxylic acids is 3. The van der Waals surface area contributed by atoms with Crippen molar-refractivity contribution >= 4 is 17.9 Å².